The number of hydrogen-bond donors (Lipinski definition) is 0. The van der Waals surface area contributed by atoms with E-state index in [1.165, 1.54) is 4.57 Å². The third-order valence-corrected chi connectivity index (χ3v) is 7.45. The van der Waals surface area contributed by atoms with Crippen molar-refractivity contribution in [3.05, 3.63) is 95.6 Å². The van der Waals surface area contributed by atoms with Gasteiger partial charge in [-0.3, -0.25) is 14.2 Å². The molecule has 1 aromatic heterocycles. The van der Waals surface area contributed by atoms with E-state index in [0.717, 1.165) is 17.0 Å². The number of thiazole rings is 1. The largest absolute Gasteiger partial charge is 0.463 e. The fourth-order valence-electron chi connectivity index (χ4n) is 4.62. The first-order valence-corrected chi connectivity index (χ1v) is 12.5. The number of likely N-dealkylation sites (N-methyl/N-ethyl adjacent to an activating group) is 1. The summed E-state index contributed by atoms with van der Waals surface area (Å²) < 4.78 is 7.11. The molecule has 7 nitrogen and oxygen atoms in total. The summed E-state index contributed by atoms with van der Waals surface area (Å²) in [4.78, 5) is 47.0. The van der Waals surface area contributed by atoms with Crippen molar-refractivity contribution in [2.45, 2.75) is 26.8 Å². The average molecular weight is 508 g/mol. The van der Waals surface area contributed by atoms with Crippen LogP contribution in [0.25, 0.3) is 5.57 Å². The van der Waals surface area contributed by atoms with Crippen LogP contribution in [-0.2, 0) is 14.3 Å². The SMILES string of the molecule is CCOC(=O)C1=C(C)N=c2s/c(=C3\C(=O)N(CC)c4ccccc43)c(=O)n2C1c1ccc(Cl)cc1. The molecule has 5 rings (SSSR count). The predicted octanol–water partition coefficient (Wildman–Crippen LogP) is 3.19. The normalized spacial score (nSPS) is 18.3. The van der Waals surface area contributed by atoms with Crippen molar-refractivity contribution in [3.63, 3.8) is 0 Å². The van der Waals surface area contributed by atoms with E-state index < -0.39 is 12.0 Å². The Kier molecular flexibility index (Phi) is 5.94. The molecular formula is C26H22ClN3O4S. The van der Waals surface area contributed by atoms with Crippen LogP contribution in [0.1, 0.15) is 37.9 Å². The van der Waals surface area contributed by atoms with Crippen LogP contribution in [0.2, 0.25) is 5.02 Å². The van der Waals surface area contributed by atoms with Gasteiger partial charge in [-0.05, 0) is 44.5 Å². The van der Waals surface area contributed by atoms with Gasteiger partial charge in [0.2, 0.25) is 0 Å². The number of para-hydroxylation sites is 1. The van der Waals surface area contributed by atoms with Crippen molar-refractivity contribution < 1.29 is 14.3 Å². The molecule has 1 amide bonds. The third-order valence-electron chi connectivity index (χ3n) is 6.14. The highest BCUT2D eigenvalue weighted by atomic mass is 35.5. The number of allylic oxidation sites excluding steroid dienone is 1. The Morgan fingerprint density at radius 1 is 1.11 bits per heavy atom. The van der Waals surface area contributed by atoms with Crippen LogP contribution in [0, 0.1) is 0 Å². The molecule has 3 aromatic rings. The highest BCUT2D eigenvalue weighted by Crippen LogP contribution is 2.35. The third kappa shape index (κ3) is 3.64. The van der Waals surface area contributed by atoms with Crippen molar-refractivity contribution >= 4 is 46.1 Å². The van der Waals surface area contributed by atoms with Crippen LogP contribution < -0.4 is 19.8 Å². The molecule has 0 radical (unpaired) electrons. The van der Waals surface area contributed by atoms with Crippen molar-refractivity contribution in [2.24, 2.45) is 4.99 Å². The zero-order chi connectivity index (χ0) is 24.9. The van der Waals surface area contributed by atoms with E-state index in [-0.39, 0.29) is 23.6 Å². The second-order valence-electron chi connectivity index (χ2n) is 8.12. The molecule has 35 heavy (non-hydrogen) atoms. The van der Waals surface area contributed by atoms with Crippen LogP contribution in [0.5, 0.6) is 0 Å². The number of hydrogen-bond acceptors (Lipinski definition) is 6. The lowest BCUT2D eigenvalue weighted by atomic mass is 9.96. The summed E-state index contributed by atoms with van der Waals surface area (Å²) in [5.74, 6) is -0.755. The molecule has 0 N–H and O–H groups in total. The van der Waals surface area contributed by atoms with E-state index in [9.17, 15) is 14.4 Å². The van der Waals surface area contributed by atoms with Gasteiger partial charge in [0.05, 0.1) is 35.2 Å². The van der Waals surface area contributed by atoms with E-state index in [4.69, 9.17) is 16.3 Å². The Morgan fingerprint density at radius 3 is 2.51 bits per heavy atom. The van der Waals surface area contributed by atoms with Gasteiger partial charge in [0.15, 0.2) is 4.80 Å². The number of ether oxygens (including phenoxy) is 1. The van der Waals surface area contributed by atoms with Gasteiger partial charge in [-0.2, -0.15) is 0 Å². The molecule has 178 valence electrons. The van der Waals surface area contributed by atoms with Gasteiger partial charge in [0.1, 0.15) is 4.53 Å². The lowest BCUT2D eigenvalue weighted by Gasteiger charge is -2.24. The summed E-state index contributed by atoms with van der Waals surface area (Å²) >= 11 is 7.27. The standard InChI is InChI=1S/C26H22ClN3O4S/c1-4-29-18-9-7-6-8-17(18)20(23(29)31)22-24(32)30-21(15-10-12-16(27)13-11-15)19(25(33)34-5-2)14(3)28-26(30)35-22/h6-13,21H,4-5H2,1-3H3/b22-20-. The van der Waals surface area contributed by atoms with Gasteiger partial charge in [-0.25, -0.2) is 9.79 Å². The maximum Gasteiger partial charge on any atom is 0.338 e. The van der Waals surface area contributed by atoms with Crippen molar-refractivity contribution in [3.8, 4) is 0 Å². The van der Waals surface area contributed by atoms with E-state index in [1.54, 1.807) is 43.0 Å². The van der Waals surface area contributed by atoms with Gasteiger partial charge in [-0.1, -0.05) is 53.3 Å². The van der Waals surface area contributed by atoms with Crippen LogP contribution in [0.4, 0.5) is 5.69 Å². The number of rotatable bonds is 4. The quantitative estimate of drug-likeness (QED) is 0.508. The number of aromatic nitrogens is 1. The summed E-state index contributed by atoms with van der Waals surface area (Å²) in [7, 11) is 0. The molecule has 0 fully saturated rings. The summed E-state index contributed by atoms with van der Waals surface area (Å²) in [5, 5.41) is 0.537. The highest BCUT2D eigenvalue weighted by molar-refractivity contribution is 7.07. The first kappa shape index (κ1) is 23.3. The minimum atomic E-state index is -0.758. The van der Waals surface area contributed by atoms with Crippen molar-refractivity contribution in [2.75, 3.05) is 18.1 Å². The summed E-state index contributed by atoms with van der Waals surface area (Å²) in [5.41, 5.74) is 2.92. The van der Waals surface area contributed by atoms with E-state index in [0.29, 0.717) is 43.3 Å². The van der Waals surface area contributed by atoms with Gasteiger partial charge < -0.3 is 9.64 Å². The fourth-order valence-corrected chi connectivity index (χ4v) is 5.88. The van der Waals surface area contributed by atoms with Crippen molar-refractivity contribution in [1.29, 1.82) is 0 Å². The lowest BCUT2D eigenvalue weighted by Crippen LogP contribution is -2.41. The first-order chi connectivity index (χ1) is 16.9. The minimum absolute atomic E-state index is 0.190. The molecule has 1 unspecified atom stereocenters. The maximum absolute atomic E-state index is 14.0. The topological polar surface area (TPSA) is 81.0 Å². The molecule has 0 spiro atoms. The number of fused-ring (bicyclic) bond motifs is 2. The Bertz CT molecular complexity index is 1580. The molecule has 2 aliphatic heterocycles. The lowest BCUT2D eigenvalue weighted by molar-refractivity contribution is -0.139. The van der Waals surface area contributed by atoms with Crippen LogP contribution >= 0.6 is 22.9 Å². The molecule has 9 heteroatoms. The summed E-state index contributed by atoms with van der Waals surface area (Å²) in [6.07, 6.45) is 0. The molecule has 0 bridgehead atoms. The van der Waals surface area contributed by atoms with Crippen molar-refractivity contribution in [1.82, 2.24) is 4.57 Å². The number of esters is 1. The molecule has 0 saturated carbocycles. The first-order valence-electron chi connectivity index (χ1n) is 11.3. The van der Waals surface area contributed by atoms with Crippen LogP contribution in [0.15, 0.2) is 69.6 Å². The summed E-state index contributed by atoms with van der Waals surface area (Å²) in [6.45, 7) is 6.02. The Hall–Kier alpha value is -3.49. The summed E-state index contributed by atoms with van der Waals surface area (Å²) in [6, 6.07) is 13.7. The van der Waals surface area contributed by atoms with Gasteiger partial charge in [0.25, 0.3) is 11.5 Å². The Balaban J connectivity index is 1.83. The molecule has 2 aliphatic rings. The number of nitrogens with zero attached hydrogens (tertiary/aromatic N) is 3. The smallest absolute Gasteiger partial charge is 0.338 e. The maximum atomic E-state index is 14.0. The fraction of sp³-hybridized carbons (Fsp3) is 0.231. The number of anilines is 1. The molecule has 0 aliphatic carbocycles. The van der Waals surface area contributed by atoms with Gasteiger partial charge in [-0.15, -0.1) is 0 Å². The molecule has 3 heterocycles. The zero-order valence-electron chi connectivity index (χ0n) is 19.4. The number of carbonyl (C=O) groups excluding carboxylic acids is 2. The van der Waals surface area contributed by atoms with E-state index >= 15 is 0 Å². The predicted molar refractivity (Wildman–Crippen MR) is 135 cm³/mol. The molecule has 0 saturated heterocycles. The highest BCUT2D eigenvalue weighted by Gasteiger charge is 2.36. The molecule has 1 atom stereocenters. The molecule has 2 aromatic carbocycles. The number of benzene rings is 2. The molecular weight excluding hydrogens is 486 g/mol. The van der Waals surface area contributed by atoms with Crippen LogP contribution in [-0.4, -0.2) is 29.6 Å². The monoisotopic (exact) mass is 507 g/mol. The number of carbonyl (C=O) groups is 2. The number of amides is 1. The van der Waals surface area contributed by atoms with E-state index in [2.05, 4.69) is 4.99 Å². The van der Waals surface area contributed by atoms with E-state index in [1.807, 2.05) is 31.2 Å². The number of halogens is 1. The minimum Gasteiger partial charge on any atom is -0.463 e. The average Bonchev–Trinajstić information content (AvgIpc) is 3.31. The second kappa shape index (κ2) is 8.94. The zero-order valence-corrected chi connectivity index (χ0v) is 20.9. The second-order valence-corrected chi connectivity index (χ2v) is 9.53. The Labute approximate surface area is 210 Å². The van der Waals surface area contributed by atoms with Gasteiger partial charge in [0, 0.05) is 17.1 Å². The van der Waals surface area contributed by atoms with Gasteiger partial charge >= 0.3 is 5.97 Å². The Morgan fingerprint density at radius 2 is 1.83 bits per heavy atom. The van der Waals surface area contributed by atoms with Crippen LogP contribution in [0.3, 0.4) is 0 Å².